The second-order valence-electron chi connectivity index (χ2n) is 8.20. The summed E-state index contributed by atoms with van der Waals surface area (Å²) < 4.78 is 5.59. The molecule has 6 nitrogen and oxygen atoms in total. The lowest BCUT2D eigenvalue weighted by Crippen LogP contribution is -2.51. The summed E-state index contributed by atoms with van der Waals surface area (Å²) in [6, 6.07) is 25.2. The van der Waals surface area contributed by atoms with E-state index >= 15 is 0 Å². The van der Waals surface area contributed by atoms with Crippen LogP contribution in [0.3, 0.4) is 0 Å². The van der Waals surface area contributed by atoms with Gasteiger partial charge in [-0.25, -0.2) is 4.79 Å². The predicted octanol–water partition coefficient (Wildman–Crippen LogP) is 4.01. The number of aryl methyl sites for hydroxylation is 1. The van der Waals surface area contributed by atoms with E-state index in [4.69, 9.17) is 9.84 Å². The summed E-state index contributed by atoms with van der Waals surface area (Å²) >= 11 is 0. The molecule has 1 atom stereocenters. The number of aromatic carboxylic acids is 1. The zero-order valence-corrected chi connectivity index (χ0v) is 18.7. The first-order chi connectivity index (χ1) is 16.0. The van der Waals surface area contributed by atoms with Gasteiger partial charge in [-0.15, -0.1) is 0 Å². The summed E-state index contributed by atoms with van der Waals surface area (Å²) in [5, 5.41) is 8.98. The molecule has 1 amide bonds. The number of amides is 1. The minimum absolute atomic E-state index is 0.0632. The largest absolute Gasteiger partial charge is 0.484 e. The Kier molecular flexibility index (Phi) is 7.05. The summed E-state index contributed by atoms with van der Waals surface area (Å²) in [4.78, 5) is 27.9. The number of carbonyl (C=O) groups is 2. The van der Waals surface area contributed by atoms with E-state index in [-0.39, 0.29) is 24.1 Å². The molecule has 1 aliphatic rings. The molecule has 0 aliphatic carbocycles. The molecule has 0 spiro atoms. The number of ether oxygens (including phenoxy) is 1. The van der Waals surface area contributed by atoms with E-state index in [2.05, 4.69) is 60.4 Å². The molecule has 3 aromatic rings. The van der Waals surface area contributed by atoms with Crippen LogP contribution in [0.2, 0.25) is 0 Å². The van der Waals surface area contributed by atoms with E-state index in [0.717, 1.165) is 13.1 Å². The van der Waals surface area contributed by atoms with Crippen molar-refractivity contribution in [3.8, 4) is 5.75 Å². The van der Waals surface area contributed by atoms with E-state index in [1.54, 1.807) is 12.1 Å². The maximum absolute atomic E-state index is 12.7. The lowest BCUT2D eigenvalue weighted by molar-refractivity contribution is -0.135. The van der Waals surface area contributed by atoms with Crippen LogP contribution < -0.4 is 4.74 Å². The highest BCUT2D eigenvalue weighted by molar-refractivity contribution is 5.87. The standard InChI is InChI=1S/C27H28N2O4/c1-20-7-5-6-10-24(20)26(21-8-3-2-4-9-21)29-17-15-28(16-18-29)25(30)19-33-23-13-11-22(12-14-23)27(31)32/h2-14,26H,15-19H2,1H3,(H,31,32). The molecule has 0 aromatic heterocycles. The van der Waals surface area contributed by atoms with Gasteiger partial charge in [-0.3, -0.25) is 9.69 Å². The number of carboxylic acid groups (broad SMARTS) is 1. The Balaban J connectivity index is 1.38. The number of hydrogen-bond acceptors (Lipinski definition) is 4. The third kappa shape index (κ3) is 5.41. The van der Waals surface area contributed by atoms with Crippen molar-refractivity contribution in [1.29, 1.82) is 0 Å². The first-order valence-corrected chi connectivity index (χ1v) is 11.1. The van der Waals surface area contributed by atoms with Gasteiger partial charge in [0.2, 0.25) is 0 Å². The number of benzene rings is 3. The molecular weight excluding hydrogens is 416 g/mol. The van der Waals surface area contributed by atoms with E-state index in [1.165, 1.54) is 28.8 Å². The molecule has 33 heavy (non-hydrogen) atoms. The van der Waals surface area contributed by atoms with Gasteiger partial charge >= 0.3 is 5.97 Å². The Bertz CT molecular complexity index is 1090. The van der Waals surface area contributed by atoms with Gasteiger partial charge in [0.1, 0.15) is 5.75 Å². The van der Waals surface area contributed by atoms with Gasteiger partial charge in [0, 0.05) is 26.2 Å². The summed E-state index contributed by atoms with van der Waals surface area (Å²) in [7, 11) is 0. The topological polar surface area (TPSA) is 70.1 Å². The minimum Gasteiger partial charge on any atom is -0.484 e. The SMILES string of the molecule is Cc1ccccc1C(c1ccccc1)N1CCN(C(=O)COc2ccc(C(=O)O)cc2)CC1. The van der Waals surface area contributed by atoms with Crippen LogP contribution in [-0.4, -0.2) is 59.6 Å². The maximum Gasteiger partial charge on any atom is 0.335 e. The summed E-state index contributed by atoms with van der Waals surface area (Å²) in [6.07, 6.45) is 0. The van der Waals surface area contributed by atoms with Crippen molar-refractivity contribution in [3.63, 3.8) is 0 Å². The first-order valence-electron chi connectivity index (χ1n) is 11.1. The lowest BCUT2D eigenvalue weighted by Gasteiger charge is -2.40. The van der Waals surface area contributed by atoms with Crippen molar-refractivity contribution in [2.75, 3.05) is 32.8 Å². The van der Waals surface area contributed by atoms with Gasteiger partial charge in [0.25, 0.3) is 5.91 Å². The quantitative estimate of drug-likeness (QED) is 0.596. The summed E-state index contributed by atoms with van der Waals surface area (Å²) in [5.41, 5.74) is 3.98. The monoisotopic (exact) mass is 444 g/mol. The average Bonchev–Trinajstić information content (AvgIpc) is 2.85. The summed E-state index contributed by atoms with van der Waals surface area (Å²) in [5.74, 6) is -0.574. The fourth-order valence-electron chi connectivity index (χ4n) is 4.28. The van der Waals surface area contributed by atoms with Crippen LogP contribution in [0.4, 0.5) is 0 Å². The second-order valence-corrected chi connectivity index (χ2v) is 8.20. The molecule has 1 aliphatic heterocycles. The highest BCUT2D eigenvalue weighted by Crippen LogP contribution is 2.31. The molecule has 1 unspecified atom stereocenters. The van der Waals surface area contributed by atoms with Crippen molar-refractivity contribution in [3.05, 3.63) is 101 Å². The molecule has 1 saturated heterocycles. The second kappa shape index (κ2) is 10.3. The van der Waals surface area contributed by atoms with Gasteiger partial charge in [0.05, 0.1) is 11.6 Å². The Morgan fingerprint density at radius 1 is 0.879 bits per heavy atom. The smallest absolute Gasteiger partial charge is 0.335 e. The zero-order valence-electron chi connectivity index (χ0n) is 18.7. The molecule has 3 aromatic carbocycles. The minimum atomic E-state index is -0.991. The van der Waals surface area contributed by atoms with Crippen LogP contribution in [-0.2, 0) is 4.79 Å². The number of carboxylic acids is 1. The van der Waals surface area contributed by atoms with Gasteiger partial charge in [-0.2, -0.15) is 0 Å². The number of nitrogens with zero attached hydrogens (tertiary/aromatic N) is 2. The Morgan fingerprint density at radius 2 is 1.52 bits per heavy atom. The Labute approximate surface area is 194 Å². The Morgan fingerprint density at radius 3 is 2.15 bits per heavy atom. The van der Waals surface area contributed by atoms with E-state index < -0.39 is 5.97 Å². The maximum atomic E-state index is 12.7. The fraction of sp³-hybridized carbons (Fsp3) is 0.259. The lowest BCUT2D eigenvalue weighted by atomic mass is 9.93. The van der Waals surface area contributed by atoms with E-state index in [9.17, 15) is 9.59 Å². The first kappa shape index (κ1) is 22.6. The molecule has 1 heterocycles. The third-order valence-electron chi connectivity index (χ3n) is 6.09. The van der Waals surface area contributed by atoms with Crippen molar-refractivity contribution >= 4 is 11.9 Å². The number of hydrogen-bond donors (Lipinski definition) is 1. The van der Waals surface area contributed by atoms with Crippen LogP contribution >= 0.6 is 0 Å². The van der Waals surface area contributed by atoms with Gasteiger partial charge in [0.15, 0.2) is 6.61 Å². The van der Waals surface area contributed by atoms with Crippen LogP contribution in [0, 0.1) is 6.92 Å². The molecule has 0 radical (unpaired) electrons. The van der Waals surface area contributed by atoms with E-state index in [1.807, 2.05) is 11.0 Å². The highest BCUT2D eigenvalue weighted by Gasteiger charge is 2.29. The highest BCUT2D eigenvalue weighted by atomic mass is 16.5. The number of rotatable bonds is 7. The van der Waals surface area contributed by atoms with Gasteiger partial charge in [-0.1, -0.05) is 54.6 Å². The molecule has 0 saturated carbocycles. The van der Waals surface area contributed by atoms with Crippen molar-refractivity contribution in [2.45, 2.75) is 13.0 Å². The van der Waals surface area contributed by atoms with Crippen molar-refractivity contribution in [2.24, 2.45) is 0 Å². The number of piperazine rings is 1. The molecule has 0 bridgehead atoms. The molecule has 4 rings (SSSR count). The summed E-state index contributed by atoms with van der Waals surface area (Å²) in [6.45, 7) is 4.89. The van der Waals surface area contributed by atoms with Crippen molar-refractivity contribution in [1.82, 2.24) is 9.80 Å². The molecular formula is C27H28N2O4. The van der Waals surface area contributed by atoms with Crippen molar-refractivity contribution < 1.29 is 19.4 Å². The van der Waals surface area contributed by atoms with E-state index in [0.29, 0.717) is 18.8 Å². The molecule has 1 fully saturated rings. The predicted molar refractivity (Wildman–Crippen MR) is 127 cm³/mol. The third-order valence-corrected chi connectivity index (χ3v) is 6.09. The van der Waals surface area contributed by atoms with Gasteiger partial charge in [-0.05, 0) is 47.9 Å². The Hall–Kier alpha value is -3.64. The fourth-order valence-corrected chi connectivity index (χ4v) is 4.28. The van der Waals surface area contributed by atoms with Crippen LogP contribution in [0.25, 0.3) is 0 Å². The van der Waals surface area contributed by atoms with Gasteiger partial charge < -0.3 is 14.7 Å². The normalized spacial score (nSPS) is 15.1. The van der Waals surface area contributed by atoms with Crippen LogP contribution in [0.15, 0.2) is 78.9 Å². The molecule has 6 heteroatoms. The molecule has 170 valence electrons. The number of carbonyl (C=O) groups excluding carboxylic acids is 1. The zero-order chi connectivity index (χ0) is 23.2. The molecule has 1 N–H and O–H groups in total. The van der Waals surface area contributed by atoms with Crippen LogP contribution in [0.1, 0.15) is 33.1 Å². The average molecular weight is 445 g/mol. The van der Waals surface area contributed by atoms with Crippen LogP contribution in [0.5, 0.6) is 5.75 Å².